The van der Waals surface area contributed by atoms with Crippen molar-refractivity contribution in [2.75, 3.05) is 20.2 Å². The van der Waals surface area contributed by atoms with E-state index >= 15 is 0 Å². The first-order valence-corrected chi connectivity index (χ1v) is 12.6. The highest BCUT2D eigenvalue weighted by Gasteiger charge is 2.29. The van der Waals surface area contributed by atoms with Gasteiger partial charge in [0.1, 0.15) is 17.4 Å². The van der Waals surface area contributed by atoms with Crippen LogP contribution >= 0.6 is 0 Å². The SMILES string of the molecule is COC(=O)c1c(OC2Cc3ccccc3C2)cc(=O)n2c1CCN(Cc1cccc3nccnc13)CC2. The Morgan fingerprint density at radius 2 is 1.78 bits per heavy atom. The molecule has 3 heterocycles. The molecule has 0 saturated carbocycles. The number of fused-ring (bicyclic) bond motifs is 3. The molecule has 37 heavy (non-hydrogen) atoms. The molecular weight excluding hydrogens is 468 g/mol. The Morgan fingerprint density at radius 1 is 1.00 bits per heavy atom. The number of para-hydroxylation sites is 1. The van der Waals surface area contributed by atoms with E-state index in [-0.39, 0.29) is 11.7 Å². The van der Waals surface area contributed by atoms with E-state index in [2.05, 4.69) is 33.1 Å². The average Bonchev–Trinajstić information content (AvgIpc) is 3.21. The third-order valence-electron chi connectivity index (χ3n) is 7.36. The van der Waals surface area contributed by atoms with Gasteiger partial charge in [0.2, 0.25) is 0 Å². The lowest BCUT2D eigenvalue weighted by molar-refractivity contribution is 0.0590. The maximum absolute atomic E-state index is 13.2. The topological polar surface area (TPSA) is 86.5 Å². The minimum absolute atomic E-state index is 0.127. The van der Waals surface area contributed by atoms with Crippen molar-refractivity contribution in [2.24, 2.45) is 0 Å². The predicted molar refractivity (Wildman–Crippen MR) is 139 cm³/mol. The van der Waals surface area contributed by atoms with Crippen molar-refractivity contribution < 1.29 is 14.3 Å². The number of ether oxygens (including phenoxy) is 2. The molecule has 0 amide bonds. The Balaban J connectivity index is 1.28. The summed E-state index contributed by atoms with van der Waals surface area (Å²) in [6.45, 7) is 2.50. The van der Waals surface area contributed by atoms with E-state index in [0.29, 0.717) is 49.6 Å². The van der Waals surface area contributed by atoms with Crippen LogP contribution in [0.5, 0.6) is 5.75 Å². The smallest absolute Gasteiger partial charge is 0.343 e. The summed E-state index contributed by atoms with van der Waals surface area (Å²) in [7, 11) is 1.37. The summed E-state index contributed by atoms with van der Waals surface area (Å²) >= 11 is 0. The Morgan fingerprint density at radius 3 is 2.57 bits per heavy atom. The van der Waals surface area contributed by atoms with Crippen molar-refractivity contribution >= 4 is 17.0 Å². The van der Waals surface area contributed by atoms with E-state index < -0.39 is 5.97 Å². The lowest BCUT2D eigenvalue weighted by atomic mass is 10.1. The number of hydrogen-bond donors (Lipinski definition) is 0. The molecule has 0 N–H and O–H groups in total. The van der Waals surface area contributed by atoms with Crippen LogP contribution in [0.3, 0.4) is 0 Å². The molecule has 6 rings (SSSR count). The fourth-order valence-corrected chi connectivity index (χ4v) is 5.57. The summed E-state index contributed by atoms with van der Waals surface area (Å²) in [5.74, 6) is -0.161. The van der Waals surface area contributed by atoms with Crippen molar-refractivity contribution in [1.82, 2.24) is 19.4 Å². The molecule has 2 aromatic carbocycles. The molecule has 0 unspecified atom stereocenters. The number of aromatic nitrogens is 3. The molecule has 2 aromatic heterocycles. The number of carbonyl (C=O) groups excluding carboxylic acids is 1. The van der Waals surface area contributed by atoms with Gasteiger partial charge >= 0.3 is 5.97 Å². The number of carbonyl (C=O) groups is 1. The fourth-order valence-electron chi connectivity index (χ4n) is 5.57. The number of benzene rings is 2. The van der Waals surface area contributed by atoms with Gasteiger partial charge in [-0.3, -0.25) is 19.7 Å². The van der Waals surface area contributed by atoms with Crippen LogP contribution in [0.2, 0.25) is 0 Å². The second kappa shape index (κ2) is 9.78. The van der Waals surface area contributed by atoms with E-state index in [4.69, 9.17) is 9.47 Å². The summed E-state index contributed by atoms with van der Waals surface area (Å²) in [5, 5.41) is 0. The van der Waals surface area contributed by atoms with Gasteiger partial charge in [-0.05, 0) is 22.8 Å². The largest absolute Gasteiger partial charge is 0.489 e. The number of pyridine rings is 1. The summed E-state index contributed by atoms with van der Waals surface area (Å²) in [5.41, 5.74) is 6.18. The second-order valence-electron chi connectivity index (χ2n) is 9.60. The number of nitrogens with zero attached hydrogens (tertiary/aromatic N) is 4. The van der Waals surface area contributed by atoms with Crippen LogP contribution < -0.4 is 10.3 Å². The zero-order valence-corrected chi connectivity index (χ0v) is 20.7. The molecule has 8 nitrogen and oxygen atoms in total. The van der Waals surface area contributed by atoms with E-state index in [9.17, 15) is 9.59 Å². The van der Waals surface area contributed by atoms with Crippen LogP contribution in [-0.2, 0) is 37.1 Å². The average molecular weight is 497 g/mol. The van der Waals surface area contributed by atoms with E-state index in [1.807, 2.05) is 24.3 Å². The van der Waals surface area contributed by atoms with E-state index in [0.717, 1.165) is 29.4 Å². The maximum atomic E-state index is 13.2. The maximum Gasteiger partial charge on any atom is 0.343 e. The number of methoxy groups -OCH3 is 1. The van der Waals surface area contributed by atoms with E-state index in [1.54, 1.807) is 17.0 Å². The van der Waals surface area contributed by atoms with Crippen molar-refractivity contribution in [1.29, 1.82) is 0 Å². The molecular formula is C29H28N4O4. The monoisotopic (exact) mass is 496 g/mol. The van der Waals surface area contributed by atoms with Crippen molar-refractivity contribution in [3.05, 3.63) is 99.2 Å². The predicted octanol–water partition coefficient (Wildman–Crippen LogP) is 3.18. The first kappa shape index (κ1) is 23.4. The molecule has 1 aliphatic heterocycles. The molecule has 8 heteroatoms. The van der Waals surface area contributed by atoms with Crippen LogP contribution in [0.1, 0.15) is 32.7 Å². The quantitative estimate of drug-likeness (QED) is 0.392. The highest BCUT2D eigenvalue weighted by molar-refractivity contribution is 5.93. The molecule has 0 radical (unpaired) electrons. The first-order valence-electron chi connectivity index (χ1n) is 12.6. The molecule has 0 atom stereocenters. The van der Waals surface area contributed by atoms with Gasteiger partial charge in [0.15, 0.2) is 0 Å². The van der Waals surface area contributed by atoms with Gasteiger partial charge in [0.05, 0.1) is 18.1 Å². The van der Waals surface area contributed by atoms with Crippen molar-refractivity contribution in [3.8, 4) is 5.75 Å². The molecule has 188 valence electrons. The molecule has 1 aliphatic carbocycles. The normalized spacial score (nSPS) is 15.7. The summed E-state index contributed by atoms with van der Waals surface area (Å²) < 4.78 is 13.2. The highest BCUT2D eigenvalue weighted by atomic mass is 16.5. The van der Waals surface area contributed by atoms with Crippen LogP contribution in [-0.4, -0.2) is 51.7 Å². The Hall–Kier alpha value is -4.04. The minimum Gasteiger partial charge on any atom is -0.489 e. The van der Waals surface area contributed by atoms with Gasteiger partial charge < -0.3 is 14.0 Å². The van der Waals surface area contributed by atoms with Crippen LogP contribution in [0, 0.1) is 0 Å². The molecule has 0 saturated heterocycles. The van der Waals surface area contributed by atoms with Gasteiger partial charge in [0, 0.05) is 69.6 Å². The van der Waals surface area contributed by atoms with Gasteiger partial charge in [-0.2, -0.15) is 0 Å². The van der Waals surface area contributed by atoms with Crippen LogP contribution in [0.25, 0.3) is 11.0 Å². The van der Waals surface area contributed by atoms with Gasteiger partial charge in [-0.15, -0.1) is 0 Å². The highest BCUT2D eigenvalue weighted by Crippen LogP contribution is 2.30. The Kier molecular flexibility index (Phi) is 6.18. The van der Waals surface area contributed by atoms with Gasteiger partial charge in [-0.25, -0.2) is 4.79 Å². The molecule has 4 aromatic rings. The summed E-state index contributed by atoms with van der Waals surface area (Å²) in [6.07, 6.45) is 5.29. The third-order valence-corrected chi connectivity index (χ3v) is 7.36. The van der Waals surface area contributed by atoms with Crippen molar-refractivity contribution in [2.45, 2.75) is 38.5 Å². The third kappa shape index (κ3) is 4.49. The van der Waals surface area contributed by atoms with Crippen molar-refractivity contribution in [3.63, 3.8) is 0 Å². The number of hydrogen-bond acceptors (Lipinski definition) is 7. The lowest BCUT2D eigenvalue weighted by Gasteiger charge is -2.20. The summed E-state index contributed by atoms with van der Waals surface area (Å²) in [6, 6.07) is 15.7. The molecule has 0 bridgehead atoms. The van der Waals surface area contributed by atoms with Crippen LogP contribution in [0.4, 0.5) is 0 Å². The molecule has 0 fully saturated rings. The van der Waals surface area contributed by atoms with Crippen LogP contribution in [0.15, 0.2) is 65.7 Å². The number of esters is 1. The Bertz CT molecular complexity index is 1520. The molecule has 0 spiro atoms. The first-order chi connectivity index (χ1) is 18.1. The Labute approximate surface area is 214 Å². The standard InChI is InChI=1S/C29H28N4O4/c1-36-29(35)27-24-9-12-32(18-21-7-4-8-23-28(21)31-11-10-30-23)13-14-33(24)26(34)17-25(27)37-22-15-19-5-2-3-6-20(19)16-22/h2-8,10-11,17,22H,9,12-16,18H2,1H3. The number of rotatable bonds is 5. The fraction of sp³-hybridized carbons (Fsp3) is 0.310. The molecule has 2 aliphatic rings. The zero-order chi connectivity index (χ0) is 25.4. The second-order valence-corrected chi connectivity index (χ2v) is 9.60. The lowest BCUT2D eigenvalue weighted by Crippen LogP contribution is -2.30. The minimum atomic E-state index is -0.480. The van der Waals surface area contributed by atoms with E-state index in [1.165, 1.54) is 24.3 Å². The van der Waals surface area contributed by atoms with Gasteiger partial charge in [0.25, 0.3) is 5.56 Å². The van der Waals surface area contributed by atoms with Gasteiger partial charge in [-0.1, -0.05) is 36.4 Å². The summed E-state index contributed by atoms with van der Waals surface area (Å²) in [4.78, 5) is 37.4. The zero-order valence-electron chi connectivity index (χ0n) is 20.7.